The molecule has 0 radical (unpaired) electrons. The van der Waals surface area contributed by atoms with Crippen molar-refractivity contribution in [3.63, 3.8) is 0 Å². The van der Waals surface area contributed by atoms with Gasteiger partial charge in [-0.2, -0.15) is 0 Å². The minimum atomic E-state index is 0.653. The molecule has 35 heavy (non-hydrogen) atoms. The van der Waals surface area contributed by atoms with Crippen LogP contribution in [0.5, 0.6) is 0 Å². The maximum atomic E-state index is 5.73. The van der Waals surface area contributed by atoms with E-state index >= 15 is 0 Å². The van der Waals surface area contributed by atoms with Gasteiger partial charge in [0.25, 0.3) is 0 Å². The Morgan fingerprint density at radius 3 is 1.83 bits per heavy atom. The summed E-state index contributed by atoms with van der Waals surface area (Å²) in [5.74, 6) is 0. The first-order valence-corrected chi connectivity index (χ1v) is 12.8. The van der Waals surface area contributed by atoms with Crippen LogP contribution in [0.2, 0.25) is 0 Å². The zero-order valence-corrected chi connectivity index (χ0v) is 21.2. The normalized spacial score (nSPS) is 14.1. The van der Waals surface area contributed by atoms with E-state index in [2.05, 4.69) is 98.5 Å². The molecule has 0 aromatic heterocycles. The van der Waals surface area contributed by atoms with E-state index in [1.807, 2.05) is 12.1 Å². The number of thiocarbonyl (C=S) groups is 2. The van der Waals surface area contributed by atoms with Gasteiger partial charge in [-0.3, -0.25) is 4.90 Å². The molecule has 1 aliphatic rings. The second-order valence-corrected chi connectivity index (χ2v) is 9.49. The van der Waals surface area contributed by atoms with Crippen molar-refractivity contribution in [1.82, 2.24) is 15.1 Å². The lowest BCUT2D eigenvalue weighted by Gasteiger charge is -2.36. The van der Waals surface area contributed by atoms with Crippen LogP contribution >= 0.6 is 24.4 Å². The summed E-state index contributed by atoms with van der Waals surface area (Å²) in [6.07, 6.45) is 0. The van der Waals surface area contributed by atoms with Crippen molar-refractivity contribution in [3.8, 4) is 0 Å². The Morgan fingerprint density at radius 2 is 1.20 bits per heavy atom. The van der Waals surface area contributed by atoms with E-state index in [0.717, 1.165) is 55.8 Å². The molecule has 4 aromatic rings. The summed E-state index contributed by atoms with van der Waals surface area (Å²) in [6.45, 7) is 5.51. The molecule has 1 fully saturated rings. The van der Waals surface area contributed by atoms with E-state index in [1.165, 1.54) is 21.5 Å². The number of fused-ring (bicyclic) bond motifs is 2. The number of anilines is 2. The zero-order valence-electron chi connectivity index (χ0n) is 19.5. The molecule has 0 saturated carbocycles. The molecule has 0 amide bonds. The smallest absolute Gasteiger partial charge is 0.173 e. The summed E-state index contributed by atoms with van der Waals surface area (Å²) in [4.78, 5) is 4.71. The number of piperazine rings is 1. The van der Waals surface area contributed by atoms with Crippen LogP contribution in [0.15, 0.2) is 84.9 Å². The van der Waals surface area contributed by atoms with Gasteiger partial charge in [-0.1, -0.05) is 72.8 Å². The molecule has 5 rings (SSSR count). The van der Waals surface area contributed by atoms with E-state index in [4.69, 9.17) is 24.4 Å². The first kappa shape index (κ1) is 23.5. The number of nitrogens with one attached hydrogen (secondary N) is 3. The van der Waals surface area contributed by atoms with Gasteiger partial charge in [0, 0.05) is 61.4 Å². The van der Waals surface area contributed by atoms with E-state index in [9.17, 15) is 0 Å². The fourth-order valence-electron chi connectivity index (χ4n) is 4.53. The highest BCUT2D eigenvalue weighted by Gasteiger charge is 2.19. The van der Waals surface area contributed by atoms with Gasteiger partial charge < -0.3 is 20.9 Å². The van der Waals surface area contributed by atoms with Gasteiger partial charge in [-0.05, 0) is 47.3 Å². The molecule has 4 aromatic carbocycles. The second kappa shape index (κ2) is 11.0. The van der Waals surface area contributed by atoms with Crippen LogP contribution < -0.4 is 16.0 Å². The van der Waals surface area contributed by atoms with Gasteiger partial charge in [0.05, 0.1) is 0 Å². The number of rotatable bonds is 5. The molecule has 1 aliphatic heterocycles. The summed E-state index contributed by atoms with van der Waals surface area (Å²) < 4.78 is 0. The third kappa shape index (κ3) is 5.70. The predicted molar refractivity (Wildman–Crippen MR) is 156 cm³/mol. The molecular formula is C28H29N5S2. The number of hydrogen-bond acceptors (Lipinski definition) is 3. The molecule has 0 bridgehead atoms. The Labute approximate surface area is 217 Å². The molecule has 3 N–H and O–H groups in total. The maximum Gasteiger partial charge on any atom is 0.173 e. The van der Waals surface area contributed by atoms with Crippen LogP contribution in [0.3, 0.4) is 0 Å². The van der Waals surface area contributed by atoms with Gasteiger partial charge in [-0.25, -0.2) is 0 Å². The van der Waals surface area contributed by atoms with Crippen LogP contribution in [0.25, 0.3) is 21.5 Å². The van der Waals surface area contributed by atoms with Crippen molar-refractivity contribution in [1.29, 1.82) is 0 Å². The van der Waals surface area contributed by atoms with E-state index in [0.29, 0.717) is 5.11 Å². The zero-order chi connectivity index (χ0) is 24.0. The summed E-state index contributed by atoms with van der Waals surface area (Å²) >= 11 is 11.3. The summed E-state index contributed by atoms with van der Waals surface area (Å²) in [7, 11) is 0. The Kier molecular flexibility index (Phi) is 7.37. The fourth-order valence-corrected chi connectivity index (χ4v) is 5.04. The highest BCUT2D eigenvalue weighted by molar-refractivity contribution is 7.80. The topological polar surface area (TPSA) is 42.6 Å². The highest BCUT2D eigenvalue weighted by atomic mass is 32.1. The van der Waals surface area contributed by atoms with Crippen LogP contribution in [-0.4, -0.2) is 59.3 Å². The third-order valence-corrected chi connectivity index (χ3v) is 7.05. The highest BCUT2D eigenvalue weighted by Crippen LogP contribution is 2.24. The lowest BCUT2D eigenvalue weighted by molar-refractivity contribution is 0.186. The van der Waals surface area contributed by atoms with Gasteiger partial charge in [0.15, 0.2) is 10.2 Å². The first-order chi connectivity index (χ1) is 17.2. The molecule has 0 spiro atoms. The first-order valence-electron chi connectivity index (χ1n) is 12.0. The van der Waals surface area contributed by atoms with Gasteiger partial charge in [-0.15, -0.1) is 0 Å². The van der Waals surface area contributed by atoms with E-state index < -0.39 is 0 Å². The molecule has 0 atom stereocenters. The van der Waals surface area contributed by atoms with Crippen LogP contribution in [-0.2, 0) is 0 Å². The SMILES string of the molecule is S=C(NCCN1CCN(C(=S)Nc2cccc3ccccc23)CC1)Nc1cccc2ccccc12. The van der Waals surface area contributed by atoms with Crippen molar-refractivity contribution in [3.05, 3.63) is 84.9 Å². The molecular weight excluding hydrogens is 470 g/mol. The van der Waals surface area contributed by atoms with E-state index in [1.54, 1.807) is 0 Å². The largest absolute Gasteiger partial charge is 0.361 e. The van der Waals surface area contributed by atoms with Crippen molar-refractivity contribution < 1.29 is 0 Å². The molecule has 178 valence electrons. The van der Waals surface area contributed by atoms with Gasteiger partial charge >= 0.3 is 0 Å². The average molecular weight is 500 g/mol. The second-order valence-electron chi connectivity index (χ2n) is 8.69. The summed E-state index contributed by atoms with van der Waals surface area (Å²) in [5, 5.41) is 16.4. The van der Waals surface area contributed by atoms with Gasteiger partial charge in [0.2, 0.25) is 0 Å². The maximum absolute atomic E-state index is 5.73. The summed E-state index contributed by atoms with van der Waals surface area (Å²) in [6, 6.07) is 29.2. The molecule has 1 saturated heterocycles. The van der Waals surface area contributed by atoms with E-state index in [-0.39, 0.29) is 0 Å². The Balaban J connectivity index is 1.06. The van der Waals surface area contributed by atoms with Crippen LogP contribution in [0.4, 0.5) is 11.4 Å². The molecule has 1 heterocycles. The van der Waals surface area contributed by atoms with Crippen molar-refractivity contribution in [2.75, 3.05) is 49.9 Å². The quantitative estimate of drug-likeness (QED) is 0.322. The molecule has 0 unspecified atom stereocenters. The van der Waals surface area contributed by atoms with Crippen molar-refractivity contribution in [2.24, 2.45) is 0 Å². The van der Waals surface area contributed by atoms with Gasteiger partial charge in [0.1, 0.15) is 0 Å². The minimum Gasteiger partial charge on any atom is -0.361 e. The monoisotopic (exact) mass is 499 g/mol. The lowest BCUT2D eigenvalue weighted by Crippen LogP contribution is -2.51. The fraction of sp³-hybridized carbons (Fsp3) is 0.214. The summed E-state index contributed by atoms with van der Waals surface area (Å²) in [5.41, 5.74) is 2.09. The van der Waals surface area contributed by atoms with Crippen molar-refractivity contribution in [2.45, 2.75) is 0 Å². The lowest BCUT2D eigenvalue weighted by atomic mass is 10.1. The number of nitrogens with zero attached hydrogens (tertiary/aromatic N) is 2. The third-order valence-electron chi connectivity index (χ3n) is 6.44. The number of benzene rings is 4. The molecule has 7 heteroatoms. The standard InChI is InChI=1S/C28H29N5S2/c34-27(30-25-13-5-9-21-7-1-3-11-23(21)25)29-15-16-32-17-19-33(20-18-32)28(35)31-26-14-6-10-22-8-2-4-12-24(22)26/h1-14H,15-20H2,(H,31,35)(H2,29,30,34). The van der Waals surface area contributed by atoms with Crippen molar-refractivity contribution >= 4 is 67.6 Å². The molecule has 5 nitrogen and oxygen atoms in total. The Morgan fingerprint density at radius 1 is 0.657 bits per heavy atom. The van der Waals surface area contributed by atoms with Crippen LogP contribution in [0.1, 0.15) is 0 Å². The van der Waals surface area contributed by atoms with Crippen LogP contribution in [0, 0.1) is 0 Å². The number of hydrogen-bond donors (Lipinski definition) is 3. The Bertz CT molecular complexity index is 1330. The predicted octanol–water partition coefficient (Wildman–Crippen LogP) is 5.29. The minimum absolute atomic E-state index is 0.653. The Hall–Kier alpha value is -3.26. The molecule has 0 aliphatic carbocycles. The average Bonchev–Trinajstić information content (AvgIpc) is 2.89.